The lowest BCUT2D eigenvalue weighted by molar-refractivity contribution is 0.0972. The summed E-state index contributed by atoms with van der Waals surface area (Å²) in [7, 11) is 1.42. The number of hydrogen-bond acceptors (Lipinski definition) is 4. The number of ether oxygens (including phenoxy) is 1. The number of Topliss-reactive ketones (excluding diaryl/α,β-unsaturated/α-hetero) is 1. The van der Waals surface area contributed by atoms with Crippen molar-refractivity contribution in [2.24, 2.45) is 5.92 Å². The number of carbonyl (C=O) groups excluding carboxylic acids is 1. The zero-order chi connectivity index (χ0) is 12.1. The van der Waals surface area contributed by atoms with Crippen molar-refractivity contribution in [3.8, 4) is 17.6 Å². The lowest BCUT2D eigenvalue weighted by atomic mass is 10.0. The maximum absolute atomic E-state index is 11.7. The predicted octanol–water partition coefficient (Wildman–Crippen LogP) is 2.13. The number of phenolic OH excluding ortho intramolecular Hbond substituents is 1. The SMILES string of the molecule is COc1cc(C(=O)CC(C)C#N)ccc1O. The summed E-state index contributed by atoms with van der Waals surface area (Å²) in [5, 5.41) is 18.0. The van der Waals surface area contributed by atoms with E-state index < -0.39 is 0 Å². The highest BCUT2D eigenvalue weighted by atomic mass is 16.5. The molecule has 0 radical (unpaired) electrons. The molecule has 16 heavy (non-hydrogen) atoms. The Morgan fingerprint density at radius 3 is 2.88 bits per heavy atom. The molecule has 1 aromatic carbocycles. The molecule has 0 amide bonds. The predicted molar refractivity (Wildman–Crippen MR) is 58.4 cm³/mol. The van der Waals surface area contributed by atoms with Crippen LogP contribution in [0.15, 0.2) is 18.2 Å². The summed E-state index contributed by atoms with van der Waals surface area (Å²) in [6, 6.07) is 6.40. The number of ketones is 1. The standard InChI is InChI=1S/C12H13NO3/c1-8(7-13)5-11(15)9-3-4-10(14)12(6-9)16-2/h3-4,6,8,14H,5H2,1-2H3. The molecule has 1 aromatic rings. The van der Waals surface area contributed by atoms with E-state index in [4.69, 9.17) is 10.00 Å². The molecule has 0 spiro atoms. The van der Waals surface area contributed by atoms with Gasteiger partial charge < -0.3 is 9.84 Å². The molecule has 0 aliphatic rings. The van der Waals surface area contributed by atoms with Gasteiger partial charge in [-0.05, 0) is 25.1 Å². The average Bonchev–Trinajstić information content (AvgIpc) is 2.29. The molecule has 4 nitrogen and oxygen atoms in total. The first kappa shape index (κ1) is 12.1. The highest BCUT2D eigenvalue weighted by molar-refractivity contribution is 5.96. The number of nitrogens with zero attached hydrogens (tertiary/aromatic N) is 1. The van der Waals surface area contributed by atoms with Gasteiger partial charge in [0.15, 0.2) is 17.3 Å². The van der Waals surface area contributed by atoms with Crippen molar-refractivity contribution in [2.75, 3.05) is 7.11 Å². The zero-order valence-electron chi connectivity index (χ0n) is 9.23. The van der Waals surface area contributed by atoms with Crippen LogP contribution >= 0.6 is 0 Å². The number of hydrogen-bond donors (Lipinski definition) is 1. The van der Waals surface area contributed by atoms with Crippen molar-refractivity contribution >= 4 is 5.78 Å². The van der Waals surface area contributed by atoms with E-state index in [1.165, 1.54) is 25.3 Å². The molecule has 0 saturated carbocycles. The number of rotatable bonds is 4. The molecule has 1 atom stereocenters. The van der Waals surface area contributed by atoms with Crippen molar-refractivity contribution in [1.82, 2.24) is 0 Å². The van der Waals surface area contributed by atoms with E-state index in [9.17, 15) is 9.90 Å². The minimum atomic E-state index is -0.313. The molecule has 0 heterocycles. The van der Waals surface area contributed by atoms with Crippen molar-refractivity contribution in [2.45, 2.75) is 13.3 Å². The smallest absolute Gasteiger partial charge is 0.164 e. The molecule has 1 unspecified atom stereocenters. The largest absolute Gasteiger partial charge is 0.504 e. The zero-order valence-corrected chi connectivity index (χ0v) is 9.23. The summed E-state index contributed by atoms with van der Waals surface area (Å²) in [6.45, 7) is 1.69. The van der Waals surface area contributed by atoms with Crippen LogP contribution in [0, 0.1) is 17.2 Å². The lowest BCUT2D eigenvalue weighted by Crippen LogP contribution is -2.04. The summed E-state index contributed by atoms with van der Waals surface area (Å²) in [5.41, 5.74) is 0.441. The third kappa shape index (κ3) is 2.74. The number of phenols is 1. The van der Waals surface area contributed by atoms with Gasteiger partial charge in [0, 0.05) is 12.0 Å². The Kier molecular flexibility index (Phi) is 3.90. The van der Waals surface area contributed by atoms with Gasteiger partial charge in [0.25, 0.3) is 0 Å². The monoisotopic (exact) mass is 219 g/mol. The number of methoxy groups -OCH3 is 1. The van der Waals surface area contributed by atoms with E-state index in [1.807, 2.05) is 6.07 Å². The number of benzene rings is 1. The van der Waals surface area contributed by atoms with Crippen molar-refractivity contribution in [3.05, 3.63) is 23.8 Å². The number of carbonyl (C=O) groups is 1. The fraction of sp³-hybridized carbons (Fsp3) is 0.333. The minimum absolute atomic E-state index is 0.00705. The van der Waals surface area contributed by atoms with Crippen LogP contribution in [0.5, 0.6) is 11.5 Å². The molecular weight excluding hydrogens is 206 g/mol. The van der Waals surface area contributed by atoms with Crippen LogP contribution in [0.1, 0.15) is 23.7 Å². The molecular formula is C12H13NO3. The molecule has 0 aromatic heterocycles. The van der Waals surface area contributed by atoms with Gasteiger partial charge in [0.2, 0.25) is 0 Å². The molecule has 0 fully saturated rings. The Balaban J connectivity index is 2.89. The van der Waals surface area contributed by atoms with Gasteiger partial charge in [0.1, 0.15) is 0 Å². The second-order valence-corrected chi connectivity index (χ2v) is 3.54. The summed E-state index contributed by atoms with van der Waals surface area (Å²) in [6.07, 6.45) is 0.171. The van der Waals surface area contributed by atoms with Gasteiger partial charge in [-0.2, -0.15) is 5.26 Å². The summed E-state index contributed by atoms with van der Waals surface area (Å²) < 4.78 is 4.90. The Bertz CT molecular complexity index is 434. The van der Waals surface area contributed by atoms with E-state index in [1.54, 1.807) is 6.92 Å². The lowest BCUT2D eigenvalue weighted by Gasteiger charge is -2.06. The molecule has 0 aliphatic carbocycles. The van der Waals surface area contributed by atoms with Crippen molar-refractivity contribution < 1.29 is 14.6 Å². The molecule has 1 N–H and O–H groups in total. The van der Waals surface area contributed by atoms with Crippen molar-refractivity contribution in [3.63, 3.8) is 0 Å². The fourth-order valence-electron chi connectivity index (χ4n) is 1.29. The van der Waals surface area contributed by atoms with Gasteiger partial charge in [-0.1, -0.05) is 0 Å². The van der Waals surface area contributed by atoms with E-state index in [-0.39, 0.29) is 29.6 Å². The normalized spacial score (nSPS) is 11.6. The molecule has 1 rings (SSSR count). The molecule has 4 heteroatoms. The quantitative estimate of drug-likeness (QED) is 0.787. The van der Waals surface area contributed by atoms with Crippen LogP contribution in [0.2, 0.25) is 0 Å². The van der Waals surface area contributed by atoms with Crippen LogP contribution < -0.4 is 4.74 Å². The Labute approximate surface area is 94.1 Å². The fourth-order valence-corrected chi connectivity index (χ4v) is 1.29. The van der Waals surface area contributed by atoms with Gasteiger partial charge in [-0.15, -0.1) is 0 Å². The van der Waals surface area contributed by atoms with Crippen LogP contribution in [-0.4, -0.2) is 18.0 Å². The summed E-state index contributed by atoms with van der Waals surface area (Å²) in [4.78, 5) is 11.7. The topological polar surface area (TPSA) is 70.3 Å². The molecule has 0 saturated heterocycles. The number of nitriles is 1. The van der Waals surface area contributed by atoms with Gasteiger partial charge >= 0.3 is 0 Å². The Morgan fingerprint density at radius 1 is 1.62 bits per heavy atom. The van der Waals surface area contributed by atoms with Gasteiger partial charge in [-0.25, -0.2) is 0 Å². The summed E-state index contributed by atoms with van der Waals surface area (Å²) >= 11 is 0. The molecule has 0 bridgehead atoms. The second kappa shape index (κ2) is 5.17. The Morgan fingerprint density at radius 2 is 2.31 bits per heavy atom. The van der Waals surface area contributed by atoms with Gasteiger partial charge in [-0.3, -0.25) is 4.79 Å². The second-order valence-electron chi connectivity index (χ2n) is 3.54. The first-order valence-electron chi connectivity index (χ1n) is 4.88. The summed E-state index contributed by atoms with van der Waals surface area (Å²) in [5.74, 6) is -0.192. The average molecular weight is 219 g/mol. The van der Waals surface area contributed by atoms with E-state index >= 15 is 0 Å². The maximum Gasteiger partial charge on any atom is 0.164 e. The van der Waals surface area contributed by atoms with Gasteiger partial charge in [0.05, 0.1) is 19.1 Å². The first-order valence-corrected chi connectivity index (χ1v) is 4.88. The van der Waals surface area contributed by atoms with Crippen LogP contribution in [0.25, 0.3) is 0 Å². The Hall–Kier alpha value is -2.02. The highest BCUT2D eigenvalue weighted by Gasteiger charge is 2.12. The highest BCUT2D eigenvalue weighted by Crippen LogP contribution is 2.27. The van der Waals surface area contributed by atoms with Crippen molar-refractivity contribution in [1.29, 1.82) is 5.26 Å². The van der Waals surface area contributed by atoms with E-state index in [0.717, 1.165) is 0 Å². The van der Waals surface area contributed by atoms with Crippen LogP contribution in [0.3, 0.4) is 0 Å². The molecule has 0 aliphatic heterocycles. The van der Waals surface area contributed by atoms with Crippen LogP contribution in [0.4, 0.5) is 0 Å². The van der Waals surface area contributed by atoms with E-state index in [0.29, 0.717) is 5.56 Å². The van der Waals surface area contributed by atoms with E-state index in [2.05, 4.69) is 0 Å². The maximum atomic E-state index is 11.7. The minimum Gasteiger partial charge on any atom is -0.504 e. The third-order valence-corrected chi connectivity index (χ3v) is 2.21. The third-order valence-electron chi connectivity index (χ3n) is 2.21. The number of aromatic hydroxyl groups is 1. The first-order chi connectivity index (χ1) is 7.58. The van der Waals surface area contributed by atoms with Crippen LogP contribution in [-0.2, 0) is 0 Å². The molecule has 84 valence electrons.